The minimum Gasteiger partial charge on any atom is -0.393 e. The van der Waals surface area contributed by atoms with E-state index < -0.39 is 18.1 Å². The predicted molar refractivity (Wildman–Crippen MR) is 41.0 cm³/mol. The zero-order valence-corrected chi connectivity index (χ0v) is 6.87. The fraction of sp³-hybridized carbons (Fsp3) is 0.857. The van der Waals surface area contributed by atoms with Crippen molar-refractivity contribution >= 4 is 5.91 Å². The molecule has 0 aliphatic rings. The molecule has 3 N–H and O–H groups in total. The van der Waals surface area contributed by atoms with Crippen molar-refractivity contribution in [1.29, 1.82) is 0 Å². The molecule has 0 aromatic rings. The summed E-state index contributed by atoms with van der Waals surface area (Å²) in [6.07, 6.45) is -0.869. The fourth-order valence-corrected chi connectivity index (χ4v) is 0.552. The third kappa shape index (κ3) is 5.82. The van der Waals surface area contributed by atoms with Gasteiger partial charge in [-0.3, -0.25) is 4.79 Å². The third-order valence-electron chi connectivity index (χ3n) is 1.24. The van der Waals surface area contributed by atoms with E-state index >= 15 is 0 Å². The van der Waals surface area contributed by atoms with Crippen LogP contribution in [-0.4, -0.2) is 34.9 Å². The third-order valence-corrected chi connectivity index (χ3v) is 1.24. The van der Waals surface area contributed by atoms with Gasteiger partial charge < -0.3 is 15.5 Å². The highest BCUT2D eigenvalue weighted by atomic mass is 16.3. The van der Waals surface area contributed by atoms with Crippen LogP contribution in [0, 0.1) is 0 Å². The van der Waals surface area contributed by atoms with E-state index in [0.29, 0.717) is 13.0 Å². The summed E-state index contributed by atoms with van der Waals surface area (Å²) < 4.78 is 0. The van der Waals surface area contributed by atoms with Gasteiger partial charge in [0.1, 0.15) is 6.10 Å². The Morgan fingerprint density at radius 1 is 1.45 bits per heavy atom. The molecule has 0 aromatic heterocycles. The molecule has 4 heteroatoms. The largest absolute Gasteiger partial charge is 0.393 e. The van der Waals surface area contributed by atoms with Crippen LogP contribution in [0.25, 0.3) is 0 Å². The molecule has 0 heterocycles. The summed E-state index contributed by atoms with van der Waals surface area (Å²) in [6, 6.07) is 0. The van der Waals surface area contributed by atoms with Gasteiger partial charge in [0.2, 0.25) is 5.91 Å². The van der Waals surface area contributed by atoms with Gasteiger partial charge in [-0.2, -0.15) is 0 Å². The average Bonchev–Trinajstić information content (AvgIpc) is 1.86. The first-order valence-electron chi connectivity index (χ1n) is 3.68. The van der Waals surface area contributed by atoms with Gasteiger partial charge in [0.05, 0.1) is 6.10 Å². The molecule has 0 saturated carbocycles. The molecule has 0 aliphatic carbocycles. The second-order valence-electron chi connectivity index (χ2n) is 2.60. The Bertz CT molecular complexity index is 123. The second-order valence-corrected chi connectivity index (χ2v) is 2.60. The standard InChI is InChI=1S/C7H15NO3/c1-5(9)3-4-8-7(11)6(2)10/h5-6,9-10H,3-4H2,1-2H3,(H,8,11)/t5?,6-/m1/s1. The van der Waals surface area contributed by atoms with Gasteiger partial charge in [-0.1, -0.05) is 0 Å². The molecule has 4 nitrogen and oxygen atoms in total. The highest BCUT2D eigenvalue weighted by Gasteiger charge is 2.06. The summed E-state index contributed by atoms with van der Waals surface area (Å²) in [5.74, 6) is -0.398. The quantitative estimate of drug-likeness (QED) is 0.508. The topological polar surface area (TPSA) is 69.6 Å². The summed E-state index contributed by atoms with van der Waals surface area (Å²) in [4.78, 5) is 10.7. The number of amides is 1. The van der Waals surface area contributed by atoms with E-state index in [0.717, 1.165) is 0 Å². The Labute approximate surface area is 66.2 Å². The van der Waals surface area contributed by atoms with Crippen LogP contribution in [0.3, 0.4) is 0 Å². The van der Waals surface area contributed by atoms with Gasteiger partial charge in [0.15, 0.2) is 0 Å². The van der Waals surface area contributed by atoms with Crippen molar-refractivity contribution in [3.8, 4) is 0 Å². The van der Waals surface area contributed by atoms with Gasteiger partial charge >= 0.3 is 0 Å². The second kappa shape index (κ2) is 5.09. The molecule has 0 aliphatic heterocycles. The van der Waals surface area contributed by atoms with Crippen LogP contribution >= 0.6 is 0 Å². The molecule has 0 fully saturated rings. The maximum atomic E-state index is 10.7. The van der Waals surface area contributed by atoms with Gasteiger partial charge in [0.25, 0.3) is 0 Å². The number of carbonyl (C=O) groups is 1. The van der Waals surface area contributed by atoms with Crippen LogP contribution in [0.15, 0.2) is 0 Å². The molecule has 0 aromatic carbocycles. The maximum Gasteiger partial charge on any atom is 0.248 e. The van der Waals surface area contributed by atoms with Crippen LogP contribution < -0.4 is 5.32 Å². The molecule has 0 bridgehead atoms. The van der Waals surface area contributed by atoms with E-state index in [2.05, 4.69) is 5.32 Å². The van der Waals surface area contributed by atoms with Crippen LogP contribution in [0.4, 0.5) is 0 Å². The number of nitrogens with one attached hydrogen (secondary N) is 1. The molecular formula is C7H15NO3. The number of hydrogen-bond acceptors (Lipinski definition) is 3. The van der Waals surface area contributed by atoms with Crippen molar-refractivity contribution < 1.29 is 15.0 Å². The minimum atomic E-state index is -0.969. The SMILES string of the molecule is CC(O)CCNC(=O)[C@@H](C)O. The van der Waals surface area contributed by atoms with Crippen molar-refractivity contribution in [2.45, 2.75) is 32.5 Å². The van der Waals surface area contributed by atoms with Crippen molar-refractivity contribution in [1.82, 2.24) is 5.32 Å². The number of hydrogen-bond donors (Lipinski definition) is 3. The first kappa shape index (κ1) is 10.4. The molecule has 2 atom stereocenters. The molecular weight excluding hydrogens is 146 g/mol. The number of carbonyl (C=O) groups excluding carboxylic acids is 1. The summed E-state index contributed by atoms with van der Waals surface area (Å²) in [7, 11) is 0. The highest BCUT2D eigenvalue weighted by Crippen LogP contribution is 1.86. The minimum absolute atomic E-state index is 0.398. The molecule has 1 amide bonds. The van der Waals surface area contributed by atoms with Crippen LogP contribution in [0.2, 0.25) is 0 Å². The lowest BCUT2D eigenvalue weighted by Crippen LogP contribution is -2.34. The summed E-state index contributed by atoms with van der Waals surface area (Å²) in [5.41, 5.74) is 0. The smallest absolute Gasteiger partial charge is 0.248 e. The highest BCUT2D eigenvalue weighted by molar-refractivity contribution is 5.79. The zero-order valence-electron chi connectivity index (χ0n) is 6.87. The van der Waals surface area contributed by atoms with Crippen molar-refractivity contribution in [3.63, 3.8) is 0 Å². The predicted octanol–water partition coefficient (Wildman–Crippen LogP) is -0.746. The molecule has 66 valence electrons. The Hall–Kier alpha value is -0.610. The number of aliphatic hydroxyl groups is 2. The first-order valence-corrected chi connectivity index (χ1v) is 3.68. The van der Waals surface area contributed by atoms with Gasteiger partial charge in [-0.05, 0) is 20.3 Å². The summed E-state index contributed by atoms with van der Waals surface area (Å²) >= 11 is 0. The first-order chi connectivity index (χ1) is 5.04. The molecule has 0 rings (SSSR count). The Morgan fingerprint density at radius 2 is 2.00 bits per heavy atom. The van der Waals surface area contributed by atoms with E-state index in [4.69, 9.17) is 10.2 Å². The Kier molecular flexibility index (Phi) is 4.81. The molecule has 1 unspecified atom stereocenters. The van der Waals surface area contributed by atoms with Crippen molar-refractivity contribution in [2.24, 2.45) is 0 Å². The van der Waals surface area contributed by atoms with E-state index in [9.17, 15) is 4.79 Å². The van der Waals surface area contributed by atoms with Crippen molar-refractivity contribution in [3.05, 3.63) is 0 Å². The average molecular weight is 161 g/mol. The number of rotatable bonds is 4. The number of aliphatic hydroxyl groups excluding tert-OH is 2. The Balaban J connectivity index is 3.32. The molecule has 0 spiro atoms. The summed E-state index contributed by atoms with van der Waals surface area (Å²) in [6.45, 7) is 3.45. The van der Waals surface area contributed by atoms with E-state index in [1.54, 1.807) is 6.92 Å². The monoisotopic (exact) mass is 161 g/mol. The normalized spacial score (nSPS) is 15.6. The van der Waals surface area contributed by atoms with Gasteiger partial charge in [0, 0.05) is 6.54 Å². The lowest BCUT2D eigenvalue weighted by Gasteiger charge is -2.07. The maximum absolute atomic E-state index is 10.7. The van der Waals surface area contributed by atoms with E-state index in [1.807, 2.05) is 0 Å². The lowest BCUT2D eigenvalue weighted by atomic mass is 10.3. The van der Waals surface area contributed by atoms with E-state index in [-0.39, 0.29) is 0 Å². The lowest BCUT2D eigenvalue weighted by molar-refractivity contribution is -0.128. The Morgan fingerprint density at radius 3 is 2.36 bits per heavy atom. The van der Waals surface area contributed by atoms with Crippen LogP contribution in [0.1, 0.15) is 20.3 Å². The van der Waals surface area contributed by atoms with Crippen LogP contribution in [-0.2, 0) is 4.79 Å². The van der Waals surface area contributed by atoms with Crippen molar-refractivity contribution in [2.75, 3.05) is 6.54 Å². The van der Waals surface area contributed by atoms with Crippen LogP contribution in [0.5, 0.6) is 0 Å². The zero-order chi connectivity index (χ0) is 8.85. The van der Waals surface area contributed by atoms with Gasteiger partial charge in [-0.15, -0.1) is 0 Å². The van der Waals surface area contributed by atoms with Gasteiger partial charge in [-0.25, -0.2) is 0 Å². The molecule has 11 heavy (non-hydrogen) atoms. The fourth-order valence-electron chi connectivity index (χ4n) is 0.552. The summed E-state index contributed by atoms with van der Waals surface area (Å²) in [5, 5.41) is 20.0. The molecule has 0 radical (unpaired) electrons. The molecule has 0 saturated heterocycles. The van der Waals surface area contributed by atoms with E-state index in [1.165, 1.54) is 6.92 Å².